The quantitative estimate of drug-likeness (QED) is 0.772. The number of benzene rings is 1. The minimum Gasteiger partial charge on any atom is -0.311 e. The van der Waals surface area contributed by atoms with Crippen LogP contribution in [0.25, 0.3) is 10.9 Å². The average Bonchev–Trinajstić information content (AvgIpc) is 2.31. The normalized spacial score (nSPS) is 12.3. The van der Waals surface area contributed by atoms with E-state index in [-0.39, 0.29) is 5.56 Å². The van der Waals surface area contributed by atoms with Gasteiger partial charge in [0.1, 0.15) is 0 Å². The molecular weight excluding hydrogens is 253 g/mol. The van der Waals surface area contributed by atoms with Crippen LogP contribution in [0.2, 0.25) is 0 Å². The number of rotatable bonds is 2. The van der Waals surface area contributed by atoms with Crippen LogP contribution < -0.4 is 10.9 Å². The van der Waals surface area contributed by atoms with Gasteiger partial charge >= 0.3 is 0 Å². The van der Waals surface area contributed by atoms with E-state index in [4.69, 9.17) is 0 Å². The maximum Gasteiger partial charge on any atom is 0.250 e. The van der Waals surface area contributed by atoms with Crippen molar-refractivity contribution in [2.24, 2.45) is 7.05 Å². The fraction of sp³-hybridized carbons (Fsp3) is 0.375. The summed E-state index contributed by atoms with van der Waals surface area (Å²) in [5, 5.41) is 2.42. The van der Waals surface area contributed by atoms with E-state index < -0.39 is 6.89 Å². The Bertz CT molecular complexity index is 734. The first-order chi connectivity index (χ1) is 8.73. The van der Waals surface area contributed by atoms with Crippen LogP contribution in [0.15, 0.2) is 29.1 Å². The summed E-state index contributed by atoms with van der Waals surface area (Å²) < 4.78 is 1.77. The van der Waals surface area contributed by atoms with Gasteiger partial charge in [0, 0.05) is 18.4 Å². The third-order valence-electron chi connectivity index (χ3n) is 3.51. The van der Waals surface area contributed by atoms with Gasteiger partial charge in [0.25, 0.3) is 5.56 Å². The third kappa shape index (κ3) is 2.42. The molecule has 0 fully saturated rings. The molecule has 3 heteroatoms. The Morgan fingerprint density at radius 2 is 1.74 bits per heavy atom. The second-order valence-corrected chi connectivity index (χ2v) is 9.83. The van der Waals surface area contributed by atoms with Crippen molar-refractivity contribution in [1.82, 2.24) is 4.57 Å². The molecule has 0 radical (unpaired) electrons. The molecule has 0 bridgehead atoms. The van der Waals surface area contributed by atoms with Gasteiger partial charge in [-0.3, -0.25) is 4.79 Å². The van der Waals surface area contributed by atoms with Gasteiger partial charge in [-0.1, -0.05) is 39.2 Å². The van der Waals surface area contributed by atoms with Crippen molar-refractivity contribution in [3.8, 4) is 0 Å². The van der Waals surface area contributed by atoms with Gasteiger partial charge in [0.15, 0.2) is 0 Å². The van der Waals surface area contributed by atoms with Gasteiger partial charge in [-0.05, 0) is 36.3 Å². The first kappa shape index (κ1) is 14.1. The Balaban J connectivity index is 3.08. The second-order valence-electron chi connectivity index (χ2n) is 6.01. The highest BCUT2D eigenvalue weighted by Gasteiger charge is 2.18. The molecule has 0 saturated heterocycles. The summed E-state index contributed by atoms with van der Waals surface area (Å²) >= 11 is 0. The lowest BCUT2D eigenvalue weighted by molar-refractivity contribution is 0.868. The number of aromatic nitrogens is 1. The predicted molar refractivity (Wildman–Crippen MR) is 88.8 cm³/mol. The summed E-state index contributed by atoms with van der Waals surface area (Å²) in [5.41, 5.74) is 2.43. The number of fused-ring (bicyclic) bond motifs is 1. The summed E-state index contributed by atoms with van der Waals surface area (Å²) in [7, 11) is 1.86. The van der Waals surface area contributed by atoms with Crippen LogP contribution in [0.1, 0.15) is 25.3 Å². The lowest BCUT2D eigenvalue weighted by Crippen LogP contribution is -2.23. The van der Waals surface area contributed by atoms with Gasteiger partial charge in [-0.25, -0.2) is 0 Å². The molecule has 1 heterocycles. The minimum atomic E-state index is -1.46. The summed E-state index contributed by atoms with van der Waals surface area (Å²) in [6.45, 7) is 7.36. The number of nitrogens with zero attached hydrogens (tertiary/aromatic N) is 1. The summed E-state index contributed by atoms with van der Waals surface area (Å²) in [5.74, 6) is 0.440. The van der Waals surface area contributed by atoms with E-state index in [9.17, 15) is 4.79 Å². The zero-order valence-corrected chi connectivity index (χ0v) is 13.3. The highest BCUT2D eigenvalue weighted by Crippen LogP contribution is 2.40. The molecule has 0 aliphatic heterocycles. The SMILES string of the molecule is C=P(C)(C)c1c(C(C)C)ccc2ccc(=O)n(C)c12. The standard InChI is InChI=1S/C16H22NOP/c1-11(2)13-9-7-12-8-10-14(18)17(3)15(12)16(13)19(4,5)6/h7-11H,4H2,1-3,5-6H3. The molecule has 0 amide bonds. The third-order valence-corrected chi connectivity index (χ3v) is 5.19. The fourth-order valence-corrected chi connectivity index (χ4v) is 4.47. The minimum absolute atomic E-state index is 0.0445. The first-order valence-electron chi connectivity index (χ1n) is 6.55. The summed E-state index contributed by atoms with van der Waals surface area (Å²) in [6.07, 6.45) is 4.40. The van der Waals surface area contributed by atoms with Crippen molar-refractivity contribution in [2.75, 3.05) is 13.3 Å². The molecule has 0 saturated carbocycles. The maximum atomic E-state index is 11.9. The lowest BCUT2D eigenvalue weighted by Gasteiger charge is -2.24. The topological polar surface area (TPSA) is 22.0 Å². The van der Waals surface area contributed by atoms with E-state index in [0.29, 0.717) is 5.92 Å². The van der Waals surface area contributed by atoms with E-state index in [1.165, 1.54) is 10.9 Å². The molecule has 2 nitrogen and oxygen atoms in total. The molecule has 0 aliphatic carbocycles. The van der Waals surface area contributed by atoms with Gasteiger partial charge in [0.05, 0.1) is 5.52 Å². The Hall–Kier alpha value is -1.27. The Morgan fingerprint density at radius 3 is 2.26 bits per heavy atom. The van der Waals surface area contributed by atoms with Crippen molar-refractivity contribution in [2.45, 2.75) is 19.8 Å². The largest absolute Gasteiger partial charge is 0.311 e. The van der Waals surface area contributed by atoms with Crippen LogP contribution in [-0.2, 0) is 7.05 Å². The zero-order chi connectivity index (χ0) is 14.4. The molecule has 0 N–H and O–H groups in total. The number of hydrogen-bond acceptors (Lipinski definition) is 1. The van der Waals surface area contributed by atoms with Crippen LogP contribution in [0.5, 0.6) is 0 Å². The van der Waals surface area contributed by atoms with Crippen molar-refractivity contribution in [1.29, 1.82) is 0 Å². The average molecular weight is 275 g/mol. The molecular formula is C16H22NOP. The van der Waals surface area contributed by atoms with E-state index in [2.05, 4.69) is 45.6 Å². The van der Waals surface area contributed by atoms with Gasteiger partial charge < -0.3 is 4.57 Å². The number of hydrogen-bond donors (Lipinski definition) is 0. The molecule has 2 aromatic rings. The molecule has 19 heavy (non-hydrogen) atoms. The Morgan fingerprint density at radius 1 is 1.16 bits per heavy atom. The number of aryl methyl sites for hydroxylation is 1. The number of pyridine rings is 1. The molecule has 0 spiro atoms. The second kappa shape index (κ2) is 4.68. The zero-order valence-electron chi connectivity index (χ0n) is 12.4. The highest BCUT2D eigenvalue weighted by atomic mass is 31.2. The molecule has 2 rings (SSSR count). The van der Waals surface area contributed by atoms with Crippen LogP contribution in [0, 0.1) is 0 Å². The molecule has 0 aliphatic rings. The van der Waals surface area contributed by atoms with E-state index in [1.54, 1.807) is 10.6 Å². The van der Waals surface area contributed by atoms with Crippen molar-refractivity contribution in [3.63, 3.8) is 0 Å². The summed E-state index contributed by atoms with van der Waals surface area (Å²) in [4.78, 5) is 11.9. The molecule has 102 valence electrons. The smallest absolute Gasteiger partial charge is 0.250 e. The predicted octanol–water partition coefficient (Wildman–Crippen LogP) is 3.00. The summed E-state index contributed by atoms with van der Waals surface area (Å²) in [6, 6.07) is 7.86. The molecule has 0 atom stereocenters. The maximum absolute atomic E-state index is 11.9. The lowest BCUT2D eigenvalue weighted by atomic mass is 10.0. The fourth-order valence-electron chi connectivity index (χ4n) is 2.58. The van der Waals surface area contributed by atoms with Gasteiger partial charge in [-0.15, -0.1) is 0 Å². The van der Waals surface area contributed by atoms with E-state index in [0.717, 1.165) is 10.9 Å². The van der Waals surface area contributed by atoms with Crippen LogP contribution in [0.3, 0.4) is 0 Å². The monoisotopic (exact) mass is 275 g/mol. The Kier molecular flexibility index (Phi) is 3.49. The van der Waals surface area contributed by atoms with Gasteiger partial charge in [0.2, 0.25) is 0 Å². The van der Waals surface area contributed by atoms with Crippen molar-refractivity contribution >= 4 is 29.4 Å². The molecule has 0 unspecified atom stereocenters. The molecule has 1 aromatic heterocycles. The van der Waals surface area contributed by atoms with E-state index in [1.807, 2.05) is 13.1 Å². The van der Waals surface area contributed by atoms with Crippen molar-refractivity contribution < 1.29 is 0 Å². The van der Waals surface area contributed by atoms with E-state index >= 15 is 0 Å². The van der Waals surface area contributed by atoms with Crippen LogP contribution in [0.4, 0.5) is 0 Å². The van der Waals surface area contributed by atoms with Crippen LogP contribution >= 0.6 is 6.89 Å². The van der Waals surface area contributed by atoms with Crippen molar-refractivity contribution in [3.05, 3.63) is 40.2 Å². The van der Waals surface area contributed by atoms with Crippen LogP contribution in [-0.4, -0.2) is 24.2 Å². The molecule has 1 aromatic carbocycles. The Labute approximate surface area is 115 Å². The first-order valence-corrected chi connectivity index (χ1v) is 9.42. The van der Waals surface area contributed by atoms with Gasteiger partial charge in [-0.2, -0.15) is 0 Å². The highest BCUT2D eigenvalue weighted by molar-refractivity contribution is 7.79.